The van der Waals surface area contributed by atoms with Crippen molar-refractivity contribution in [3.63, 3.8) is 0 Å². The van der Waals surface area contributed by atoms with Gasteiger partial charge in [-0.2, -0.15) is 0 Å². The number of hydrogen-bond acceptors (Lipinski definition) is 5. The van der Waals surface area contributed by atoms with Crippen LogP contribution >= 0.6 is 0 Å². The van der Waals surface area contributed by atoms with Crippen LogP contribution in [0, 0.1) is 5.92 Å². The number of ether oxygens (including phenoxy) is 1. The normalized spacial score (nSPS) is 19.4. The van der Waals surface area contributed by atoms with Gasteiger partial charge in [0.25, 0.3) is 0 Å². The molecular formula is C22H38N6O. The van der Waals surface area contributed by atoms with Crippen molar-refractivity contribution in [3.05, 3.63) is 23.9 Å². The molecule has 2 aliphatic heterocycles. The summed E-state index contributed by atoms with van der Waals surface area (Å²) >= 11 is 0. The summed E-state index contributed by atoms with van der Waals surface area (Å²) in [7, 11) is 4.31. The number of aliphatic imine (C=N–C) groups is 1. The van der Waals surface area contributed by atoms with Crippen LogP contribution in [-0.4, -0.2) is 87.3 Å². The Morgan fingerprint density at radius 2 is 2.00 bits per heavy atom. The molecule has 0 unspecified atom stereocenters. The van der Waals surface area contributed by atoms with E-state index in [2.05, 4.69) is 58.2 Å². The van der Waals surface area contributed by atoms with Crippen LogP contribution in [0.3, 0.4) is 0 Å². The molecule has 3 rings (SSSR count). The predicted octanol–water partition coefficient (Wildman–Crippen LogP) is 2.05. The largest absolute Gasteiger partial charge is 0.381 e. The second-order valence-electron chi connectivity index (χ2n) is 8.25. The van der Waals surface area contributed by atoms with Crippen molar-refractivity contribution in [1.82, 2.24) is 20.1 Å². The standard InChI is InChI=1S/C22H38N6O/c1-4-23-22(27(3)10-7-19-8-15-29-16-9-19)25-18-20-5-6-21(24-17-20)28-13-11-26(2)12-14-28/h5-6,17,19H,4,7-16,18H2,1-3H3,(H,23,25). The molecular weight excluding hydrogens is 364 g/mol. The lowest BCUT2D eigenvalue weighted by Gasteiger charge is -2.33. The van der Waals surface area contributed by atoms with Gasteiger partial charge < -0.3 is 24.8 Å². The van der Waals surface area contributed by atoms with Gasteiger partial charge in [0.1, 0.15) is 5.82 Å². The van der Waals surface area contributed by atoms with Gasteiger partial charge in [-0.3, -0.25) is 0 Å². The van der Waals surface area contributed by atoms with E-state index in [9.17, 15) is 0 Å². The molecule has 2 saturated heterocycles. The highest BCUT2D eigenvalue weighted by molar-refractivity contribution is 5.79. The molecule has 0 saturated carbocycles. The highest BCUT2D eigenvalue weighted by atomic mass is 16.5. The average molecular weight is 403 g/mol. The first-order valence-electron chi connectivity index (χ1n) is 11.1. The van der Waals surface area contributed by atoms with Gasteiger partial charge in [-0.1, -0.05) is 6.07 Å². The predicted molar refractivity (Wildman–Crippen MR) is 120 cm³/mol. The topological polar surface area (TPSA) is 56.2 Å². The smallest absolute Gasteiger partial charge is 0.193 e. The van der Waals surface area contributed by atoms with E-state index in [-0.39, 0.29) is 0 Å². The van der Waals surface area contributed by atoms with Gasteiger partial charge in [0.15, 0.2) is 5.96 Å². The van der Waals surface area contributed by atoms with Crippen molar-refractivity contribution in [1.29, 1.82) is 0 Å². The molecule has 7 nitrogen and oxygen atoms in total. The molecule has 0 aliphatic carbocycles. The van der Waals surface area contributed by atoms with Gasteiger partial charge in [0, 0.05) is 65.7 Å². The number of piperazine rings is 1. The molecule has 2 aliphatic rings. The minimum atomic E-state index is 0.653. The highest BCUT2D eigenvalue weighted by Crippen LogP contribution is 2.18. The third kappa shape index (κ3) is 6.85. The van der Waals surface area contributed by atoms with Crippen molar-refractivity contribution in [3.8, 4) is 0 Å². The van der Waals surface area contributed by atoms with Crippen molar-refractivity contribution in [2.45, 2.75) is 32.7 Å². The molecule has 2 fully saturated rings. The molecule has 1 N–H and O–H groups in total. The molecule has 3 heterocycles. The molecule has 0 radical (unpaired) electrons. The maximum Gasteiger partial charge on any atom is 0.193 e. The SMILES string of the molecule is CCNC(=NCc1ccc(N2CCN(C)CC2)nc1)N(C)CCC1CCOCC1. The first-order valence-corrected chi connectivity index (χ1v) is 11.1. The van der Waals surface area contributed by atoms with E-state index < -0.39 is 0 Å². The van der Waals surface area contributed by atoms with Gasteiger partial charge in [-0.15, -0.1) is 0 Å². The summed E-state index contributed by atoms with van der Waals surface area (Å²) in [6, 6.07) is 4.30. The summed E-state index contributed by atoms with van der Waals surface area (Å²) in [6.45, 7) is 10.8. The van der Waals surface area contributed by atoms with Crippen LogP contribution in [0.1, 0.15) is 31.7 Å². The quantitative estimate of drug-likeness (QED) is 0.556. The molecule has 0 bridgehead atoms. The lowest BCUT2D eigenvalue weighted by Crippen LogP contribution is -2.44. The Hall–Kier alpha value is -1.86. The Morgan fingerprint density at radius 1 is 1.24 bits per heavy atom. The summed E-state index contributed by atoms with van der Waals surface area (Å²) in [5, 5.41) is 3.43. The van der Waals surface area contributed by atoms with Crippen LogP contribution in [0.2, 0.25) is 0 Å². The fraction of sp³-hybridized carbons (Fsp3) is 0.727. The number of aromatic nitrogens is 1. The number of likely N-dealkylation sites (N-methyl/N-ethyl adjacent to an activating group) is 1. The number of guanidine groups is 1. The maximum absolute atomic E-state index is 5.47. The summed E-state index contributed by atoms with van der Waals surface area (Å²) in [4.78, 5) is 16.5. The van der Waals surface area contributed by atoms with E-state index in [4.69, 9.17) is 9.73 Å². The molecule has 0 atom stereocenters. The Bertz CT molecular complexity index is 621. The van der Waals surface area contributed by atoms with Crippen LogP contribution in [0.15, 0.2) is 23.3 Å². The zero-order valence-electron chi connectivity index (χ0n) is 18.4. The molecule has 1 aromatic rings. The van der Waals surface area contributed by atoms with E-state index in [0.717, 1.165) is 75.7 Å². The maximum atomic E-state index is 5.47. The number of rotatable bonds is 7. The van der Waals surface area contributed by atoms with Crippen molar-refractivity contribution < 1.29 is 4.74 Å². The number of hydrogen-bond donors (Lipinski definition) is 1. The van der Waals surface area contributed by atoms with Crippen LogP contribution in [0.5, 0.6) is 0 Å². The third-order valence-electron chi connectivity index (χ3n) is 5.96. The molecule has 0 aromatic carbocycles. The summed E-state index contributed by atoms with van der Waals surface area (Å²) in [5.74, 6) is 2.83. The van der Waals surface area contributed by atoms with Crippen molar-refractivity contribution in [2.24, 2.45) is 10.9 Å². The van der Waals surface area contributed by atoms with Crippen molar-refractivity contribution >= 4 is 11.8 Å². The second kappa shape index (κ2) is 11.4. The zero-order valence-corrected chi connectivity index (χ0v) is 18.4. The first-order chi connectivity index (χ1) is 14.2. The Kier molecular flexibility index (Phi) is 8.55. The Balaban J connectivity index is 1.51. The molecule has 0 amide bonds. The zero-order chi connectivity index (χ0) is 20.5. The van der Waals surface area contributed by atoms with Gasteiger partial charge >= 0.3 is 0 Å². The average Bonchev–Trinajstić information content (AvgIpc) is 2.76. The first kappa shape index (κ1) is 21.8. The second-order valence-corrected chi connectivity index (χ2v) is 8.25. The van der Waals surface area contributed by atoms with Gasteiger partial charge in [0.05, 0.1) is 6.54 Å². The van der Waals surface area contributed by atoms with E-state index in [1.807, 2.05) is 6.20 Å². The van der Waals surface area contributed by atoms with Gasteiger partial charge in [-0.05, 0) is 50.8 Å². The number of pyridine rings is 1. The summed E-state index contributed by atoms with van der Waals surface area (Å²) in [5.41, 5.74) is 1.15. The van der Waals surface area contributed by atoms with Crippen molar-refractivity contribution in [2.75, 3.05) is 71.5 Å². The van der Waals surface area contributed by atoms with E-state index >= 15 is 0 Å². The van der Waals surface area contributed by atoms with Gasteiger partial charge in [-0.25, -0.2) is 9.98 Å². The minimum absolute atomic E-state index is 0.653. The molecule has 0 spiro atoms. The molecule has 1 aromatic heterocycles. The van der Waals surface area contributed by atoms with Crippen LogP contribution in [-0.2, 0) is 11.3 Å². The van der Waals surface area contributed by atoms with E-state index in [1.165, 1.54) is 19.3 Å². The highest BCUT2D eigenvalue weighted by Gasteiger charge is 2.16. The Morgan fingerprint density at radius 3 is 2.66 bits per heavy atom. The Labute approximate surface area is 176 Å². The lowest BCUT2D eigenvalue weighted by atomic mass is 9.96. The monoisotopic (exact) mass is 402 g/mol. The van der Waals surface area contributed by atoms with Crippen LogP contribution < -0.4 is 10.2 Å². The van der Waals surface area contributed by atoms with E-state index in [1.54, 1.807) is 0 Å². The molecule has 7 heteroatoms. The van der Waals surface area contributed by atoms with Crippen LogP contribution in [0.4, 0.5) is 5.82 Å². The fourth-order valence-corrected chi connectivity index (χ4v) is 3.89. The fourth-order valence-electron chi connectivity index (χ4n) is 3.89. The molecule has 162 valence electrons. The van der Waals surface area contributed by atoms with Crippen LogP contribution in [0.25, 0.3) is 0 Å². The number of nitrogens with zero attached hydrogens (tertiary/aromatic N) is 5. The minimum Gasteiger partial charge on any atom is -0.381 e. The van der Waals surface area contributed by atoms with Gasteiger partial charge in [0.2, 0.25) is 0 Å². The molecule has 29 heavy (non-hydrogen) atoms. The number of nitrogens with one attached hydrogen (secondary N) is 1. The number of anilines is 1. The lowest BCUT2D eigenvalue weighted by molar-refractivity contribution is 0.0625. The summed E-state index contributed by atoms with van der Waals surface area (Å²) < 4.78 is 5.47. The van der Waals surface area contributed by atoms with E-state index in [0.29, 0.717) is 6.54 Å². The third-order valence-corrected chi connectivity index (χ3v) is 5.96. The summed E-state index contributed by atoms with van der Waals surface area (Å²) in [6.07, 6.45) is 5.55.